The van der Waals surface area contributed by atoms with Crippen molar-refractivity contribution in [1.82, 2.24) is 29.7 Å². The zero-order valence-corrected chi connectivity index (χ0v) is 18.8. The molecule has 5 aromatic rings. The minimum absolute atomic E-state index is 0.280. The first-order valence-corrected chi connectivity index (χ1v) is 11.7. The molecular weight excluding hydrogens is 424 g/mol. The van der Waals surface area contributed by atoms with Gasteiger partial charge in [-0.2, -0.15) is 5.10 Å². The number of nitrogen functional groups attached to an aromatic ring is 1. The summed E-state index contributed by atoms with van der Waals surface area (Å²) in [4.78, 5) is 18.2. The van der Waals surface area contributed by atoms with Crippen LogP contribution >= 0.6 is 0 Å². The van der Waals surface area contributed by atoms with Gasteiger partial charge in [-0.1, -0.05) is 24.3 Å². The molecule has 0 saturated heterocycles. The van der Waals surface area contributed by atoms with Crippen LogP contribution in [0.15, 0.2) is 61.1 Å². The van der Waals surface area contributed by atoms with E-state index in [1.807, 2.05) is 24.3 Å². The number of aromatic nitrogens is 6. The van der Waals surface area contributed by atoms with Gasteiger partial charge in [0, 0.05) is 17.1 Å². The van der Waals surface area contributed by atoms with Crippen molar-refractivity contribution in [3.8, 4) is 22.6 Å². The maximum Gasteiger partial charge on any atom is 0.164 e. The monoisotopic (exact) mass is 450 g/mol. The Morgan fingerprint density at radius 1 is 0.912 bits per heavy atom. The largest absolute Gasteiger partial charge is 0.383 e. The number of anilines is 1. The van der Waals surface area contributed by atoms with E-state index in [9.17, 15) is 0 Å². The van der Waals surface area contributed by atoms with Crippen molar-refractivity contribution >= 4 is 27.8 Å². The predicted molar refractivity (Wildman–Crippen MR) is 134 cm³/mol. The molecule has 1 aromatic carbocycles. The molecule has 0 amide bonds. The van der Waals surface area contributed by atoms with Crippen LogP contribution in [0.3, 0.4) is 0 Å². The van der Waals surface area contributed by atoms with Crippen molar-refractivity contribution in [3.05, 3.63) is 61.1 Å². The Morgan fingerprint density at radius 2 is 1.76 bits per heavy atom. The Balaban J connectivity index is 1.46. The zero-order chi connectivity index (χ0) is 23.1. The summed E-state index contributed by atoms with van der Waals surface area (Å²) in [5.41, 5.74) is 17.3. The molecular formula is C26H26N8. The number of hydrogen-bond acceptors (Lipinski definition) is 7. The molecule has 4 aromatic heterocycles. The van der Waals surface area contributed by atoms with Gasteiger partial charge in [-0.3, -0.25) is 4.98 Å². The van der Waals surface area contributed by atoms with Gasteiger partial charge in [-0.15, -0.1) is 0 Å². The van der Waals surface area contributed by atoms with E-state index in [2.05, 4.69) is 43.9 Å². The molecule has 1 saturated carbocycles. The third-order valence-corrected chi connectivity index (χ3v) is 6.91. The quantitative estimate of drug-likeness (QED) is 0.417. The highest BCUT2D eigenvalue weighted by Crippen LogP contribution is 2.37. The normalized spacial score (nSPS) is 18.5. The summed E-state index contributed by atoms with van der Waals surface area (Å²) in [6.07, 6.45) is 7.58. The zero-order valence-electron chi connectivity index (χ0n) is 18.8. The Morgan fingerprint density at radius 3 is 2.56 bits per heavy atom. The minimum atomic E-state index is 0.280. The standard InChI is InChI=1S/C26H26N8/c27-14-16-4-9-19(10-5-16)34-26-23(25(28)30-15-31-26)24(33-34)18-7-6-17-8-11-21(32-22(17)13-18)20-3-1-2-12-29-20/h1-3,6-8,11-13,15-16,19H,4-5,9-10,14,27H2,(H2,28,30,31). The van der Waals surface area contributed by atoms with Gasteiger partial charge >= 0.3 is 0 Å². The molecule has 0 spiro atoms. The lowest BCUT2D eigenvalue weighted by Gasteiger charge is -2.27. The molecule has 1 aliphatic carbocycles. The number of pyridine rings is 2. The van der Waals surface area contributed by atoms with E-state index in [0.717, 1.165) is 76.8 Å². The predicted octanol–water partition coefficient (Wildman–Crippen LogP) is 4.38. The van der Waals surface area contributed by atoms with Gasteiger partial charge in [0.05, 0.1) is 28.3 Å². The summed E-state index contributed by atoms with van der Waals surface area (Å²) in [7, 11) is 0. The highest BCUT2D eigenvalue weighted by Gasteiger charge is 2.26. The average Bonchev–Trinajstić information content (AvgIpc) is 3.30. The molecule has 1 fully saturated rings. The van der Waals surface area contributed by atoms with Crippen LogP contribution in [0.25, 0.3) is 44.6 Å². The molecule has 0 aliphatic heterocycles. The van der Waals surface area contributed by atoms with E-state index in [-0.39, 0.29) is 6.04 Å². The molecule has 1 aliphatic rings. The first-order valence-electron chi connectivity index (χ1n) is 11.7. The van der Waals surface area contributed by atoms with E-state index in [4.69, 9.17) is 21.5 Å². The summed E-state index contributed by atoms with van der Waals surface area (Å²) in [6, 6.07) is 16.4. The van der Waals surface area contributed by atoms with Crippen LogP contribution in [0.1, 0.15) is 31.7 Å². The summed E-state index contributed by atoms with van der Waals surface area (Å²) in [5.74, 6) is 1.04. The van der Waals surface area contributed by atoms with Gasteiger partial charge in [-0.25, -0.2) is 19.6 Å². The molecule has 0 atom stereocenters. The van der Waals surface area contributed by atoms with Crippen LogP contribution in [-0.4, -0.2) is 36.3 Å². The minimum Gasteiger partial charge on any atom is -0.383 e. The molecule has 0 unspecified atom stereocenters. The maximum absolute atomic E-state index is 6.35. The number of nitrogens with two attached hydrogens (primary N) is 2. The SMILES string of the molecule is NCC1CCC(n2nc(-c3ccc4ccc(-c5ccccn5)nc4c3)c3c(N)ncnc32)CC1. The average molecular weight is 451 g/mol. The highest BCUT2D eigenvalue weighted by atomic mass is 15.3. The summed E-state index contributed by atoms with van der Waals surface area (Å²) in [6.45, 7) is 0.748. The van der Waals surface area contributed by atoms with Crippen LogP contribution in [-0.2, 0) is 0 Å². The second-order valence-corrected chi connectivity index (χ2v) is 8.98. The molecule has 0 radical (unpaired) electrons. The van der Waals surface area contributed by atoms with E-state index in [1.165, 1.54) is 6.33 Å². The number of benzene rings is 1. The maximum atomic E-state index is 6.35. The Hall–Kier alpha value is -3.91. The van der Waals surface area contributed by atoms with Gasteiger partial charge in [0.15, 0.2) is 5.65 Å². The second kappa shape index (κ2) is 8.46. The number of rotatable bonds is 4. The van der Waals surface area contributed by atoms with E-state index in [0.29, 0.717) is 11.7 Å². The van der Waals surface area contributed by atoms with E-state index in [1.54, 1.807) is 6.20 Å². The molecule has 8 heteroatoms. The Bertz CT molecular complexity index is 1470. The van der Waals surface area contributed by atoms with Crippen molar-refractivity contribution in [2.45, 2.75) is 31.7 Å². The summed E-state index contributed by atoms with van der Waals surface area (Å²) >= 11 is 0. The molecule has 6 rings (SSSR count). The van der Waals surface area contributed by atoms with E-state index >= 15 is 0 Å². The summed E-state index contributed by atoms with van der Waals surface area (Å²) < 4.78 is 2.05. The van der Waals surface area contributed by atoms with Crippen LogP contribution in [0.2, 0.25) is 0 Å². The van der Waals surface area contributed by atoms with Crippen molar-refractivity contribution < 1.29 is 0 Å². The summed E-state index contributed by atoms with van der Waals surface area (Å²) in [5, 5.41) is 6.89. The highest BCUT2D eigenvalue weighted by molar-refractivity contribution is 6.00. The lowest BCUT2D eigenvalue weighted by molar-refractivity contribution is 0.269. The Labute approximate surface area is 197 Å². The third-order valence-electron chi connectivity index (χ3n) is 6.91. The van der Waals surface area contributed by atoms with Gasteiger partial charge in [0.1, 0.15) is 17.8 Å². The molecule has 4 N–H and O–H groups in total. The number of nitrogens with zero attached hydrogens (tertiary/aromatic N) is 6. The molecule has 170 valence electrons. The third kappa shape index (κ3) is 3.56. The van der Waals surface area contributed by atoms with Crippen molar-refractivity contribution in [1.29, 1.82) is 0 Å². The fourth-order valence-corrected chi connectivity index (χ4v) is 5.00. The Kier molecular flexibility index (Phi) is 5.15. The van der Waals surface area contributed by atoms with Gasteiger partial charge in [0.2, 0.25) is 0 Å². The van der Waals surface area contributed by atoms with Crippen molar-refractivity contribution in [2.75, 3.05) is 12.3 Å². The smallest absolute Gasteiger partial charge is 0.164 e. The van der Waals surface area contributed by atoms with Crippen molar-refractivity contribution in [2.24, 2.45) is 11.7 Å². The number of hydrogen-bond donors (Lipinski definition) is 2. The molecule has 0 bridgehead atoms. The topological polar surface area (TPSA) is 121 Å². The first kappa shape index (κ1) is 20.7. The van der Waals surface area contributed by atoms with Crippen molar-refractivity contribution in [3.63, 3.8) is 0 Å². The van der Waals surface area contributed by atoms with E-state index < -0.39 is 0 Å². The first-order chi connectivity index (χ1) is 16.7. The molecule has 4 heterocycles. The van der Waals surface area contributed by atoms with Gasteiger partial charge < -0.3 is 11.5 Å². The van der Waals surface area contributed by atoms with Crippen LogP contribution < -0.4 is 11.5 Å². The van der Waals surface area contributed by atoms with Crippen LogP contribution in [0, 0.1) is 5.92 Å². The van der Waals surface area contributed by atoms with Gasteiger partial charge in [-0.05, 0) is 62.4 Å². The molecule has 8 nitrogen and oxygen atoms in total. The van der Waals surface area contributed by atoms with Gasteiger partial charge in [0.25, 0.3) is 0 Å². The second-order valence-electron chi connectivity index (χ2n) is 8.98. The fraction of sp³-hybridized carbons (Fsp3) is 0.269. The lowest BCUT2D eigenvalue weighted by atomic mass is 9.86. The number of fused-ring (bicyclic) bond motifs is 2. The van der Waals surface area contributed by atoms with Crippen LogP contribution in [0.4, 0.5) is 5.82 Å². The molecule has 34 heavy (non-hydrogen) atoms. The van der Waals surface area contributed by atoms with Crippen LogP contribution in [0.5, 0.6) is 0 Å². The fourth-order valence-electron chi connectivity index (χ4n) is 5.00. The lowest BCUT2D eigenvalue weighted by Crippen LogP contribution is -2.24.